The second-order valence-corrected chi connectivity index (χ2v) is 6.36. The summed E-state index contributed by atoms with van der Waals surface area (Å²) in [5, 5.41) is 11.6. The van der Waals surface area contributed by atoms with Crippen molar-refractivity contribution >= 4 is 18.3 Å². The lowest BCUT2D eigenvalue weighted by molar-refractivity contribution is 0.0636. The maximum atomic E-state index is 12.9. The van der Waals surface area contributed by atoms with Crippen LogP contribution in [-0.2, 0) is 0 Å². The number of carbonyl (C=O) groups is 1. The van der Waals surface area contributed by atoms with Crippen molar-refractivity contribution in [1.29, 1.82) is 0 Å². The number of hydrogen-bond acceptors (Lipinski definition) is 4. The van der Waals surface area contributed by atoms with Crippen LogP contribution in [0, 0.1) is 6.92 Å². The molecule has 1 aromatic carbocycles. The van der Waals surface area contributed by atoms with E-state index in [4.69, 9.17) is 0 Å². The molecular formula is C18H26ClN5O. The number of carbonyl (C=O) groups excluding carboxylic acids is 1. The first kappa shape index (κ1) is 19.4. The van der Waals surface area contributed by atoms with E-state index in [1.807, 2.05) is 36.1 Å². The van der Waals surface area contributed by atoms with Gasteiger partial charge in [-0.25, -0.2) is 4.68 Å². The Bertz CT molecular complexity index is 679. The highest BCUT2D eigenvalue weighted by Gasteiger charge is 2.27. The van der Waals surface area contributed by atoms with Crippen LogP contribution in [0.2, 0.25) is 0 Å². The molecule has 25 heavy (non-hydrogen) atoms. The van der Waals surface area contributed by atoms with Crippen LogP contribution in [0.3, 0.4) is 0 Å². The van der Waals surface area contributed by atoms with Gasteiger partial charge in [-0.15, -0.1) is 17.5 Å². The number of halogens is 1. The smallest absolute Gasteiger partial charge is 0.276 e. The summed E-state index contributed by atoms with van der Waals surface area (Å²) in [5.74, 6) is -0.0119. The van der Waals surface area contributed by atoms with E-state index in [0.29, 0.717) is 11.7 Å². The Morgan fingerprint density at radius 1 is 1.28 bits per heavy atom. The van der Waals surface area contributed by atoms with Gasteiger partial charge in [0.15, 0.2) is 5.69 Å². The van der Waals surface area contributed by atoms with E-state index in [1.165, 1.54) is 5.56 Å². The Labute approximate surface area is 155 Å². The number of aryl methyl sites for hydroxylation is 1. The Balaban J connectivity index is 0.00000225. The first-order chi connectivity index (χ1) is 11.7. The molecule has 6 nitrogen and oxygen atoms in total. The summed E-state index contributed by atoms with van der Waals surface area (Å²) < 4.78 is 1.67. The second-order valence-electron chi connectivity index (χ2n) is 6.36. The quantitative estimate of drug-likeness (QED) is 0.886. The fourth-order valence-electron chi connectivity index (χ4n) is 3.14. The van der Waals surface area contributed by atoms with Gasteiger partial charge < -0.3 is 10.2 Å². The SMILES string of the molecule is CCCN(C(=O)c1cn(-c2ccc(C)cc2)nn1)C1CCNCC1.Cl. The summed E-state index contributed by atoms with van der Waals surface area (Å²) in [7, 11) is 0. The third-order valence-electron chi connectivity index (χ3n) is 4.49. The molecular weight excluding hydrogens is 338 g/mol. The van der Waals surface area contributed by atoms with Crippen LogP contribution in [0.4, 0.5) is 0 Å². The van der Waals surface area contributed by atoms with Crippen LogP contribution in [0.1, 0.15) is 42.2 Å². The second kappa shape index (κ2) is 8.97. The molecule has 7 heteroatoms. The normalized spacial score (nSPS) is 14.8. The van der Waals surface area contributed by atoms with Crippen molar-refractivity contribution in [3.63, 3.8) is 0 Å². The van der Waals surface area contributed by atoms with E-state index < -0.39 is 0 Å². The van der Waals surface area contributed by atoms with Crippen molar-refractivity contribution in [1.82, 2.24) is 25.2 Å². The van der Waals surface area contributed by atoms with Crippen LogP contribution in [0.25, 0.3) is 5.69 Å². The molecule has 2 aromatic rings. The third-order valence-corrected chi connectivity index (χ3v) is 4.49. The van der Waals surface area contributed by atoms with E-state index in [-0.39, 0.29) is 18.3 Å². The van der Waals surface area contributed by atoms with Gasteiger partial charge in [-0.2, -0.15) is 0 Å². The minimum Gasteiger partial charge on any atom is -0.334 e. The highest BCUT2D eigenvalue weighted by Crippen LogP contribution is 2.16. The number of hydrogen-bond donors (Lipinski definition) is 1. The first-order valence-electron chi connectivity index (χ1n) is 8.70. The molecule has 1 aromatic heterocycles. The molecule has 1 aliphatic rings. The molecule has 136 valence electrons. The Morgan fingerprint density at radius 3 is 2.60 bits per heavy atom. The molecule has 1 fully saturated rings. The zero-order valence-electron chi connectivity index (χ0n) is 14.8. The van der Waals surface area contributed by atoms with E-state index in [0.717, 1.165) is 44.6 Å². The van der Waals surface area contributed by atoms with Gasteiger partial charge in [0, 0.05) is 12.6 Å². The molecule has 0 saturated carbocycles. The summed E-state index contributed by atoms with van der Waals surface area (Å²) in [6, 6.07) is 8.31. The third kappa shape index (κ3) is 4.58. The van der Waals surface area contributed by atoms with Crippen molar-refractivity contribution < 1.29 is 4.79 Å². The molecule has 1 amide bonds. The summed E-state index contributed by atoms with van der Waals surface area (Å²) in [6.45, 7) is 6.84. The predicted octanol–water partition coefficient (Wildman–Crippen LogP) is 2.60. The van der Waals surface area contributed by atoms with Crippen molar-refractivity contribution in [2.24, 2.45) is 0 Å². The fourth-order valence-corrected chi connectivity index (χ4v) is 3.14. The number of rotatable bonds is 5. The number of nitrogens with zero attached hydrogens (tertiary/aromatic N) is 4. The van der Waals surface area contributed by atoms with Crippen molar-refractivity contribution in [2.45, 2.75) is 39.2 Å². The summed E-state index contributed by atoms with van der Waals surface area (Å²) in [5.41, 5.74) is 2.52. The maximum Gasteiger partial charge on any atom is 0.276 e. The van der Waals surface area contributed by atoms with Crippen molar-refractivity contribution in [3.05, 3.63) is 41.7 Å². The van der Waals surface area contributed by atoms with Gasteiger partial charge in [0.25, 0.3) is 5.91 Å². The highest BCUT2D eigenvalue weighted by molar-refractivity contribution is 5.92. The molecule has 0 unspecified atom stereocenters. The van der Waals surface area contributed by atoms with Crippen LogP contribution < -0.4 is 5.32 Å². The summed E-state index contributed by atoms with van der Waals surface area (Å²) >= 11 is 0. The van der Waals surface area contributed by atoms with Gasteiger partial charge in [0.2, 0.25) is 0 Å². The minimum absolute atomic E-state index is 0. The molecule has 0 bridgehead atoms. The van der Waals surface area contributed by atoms with E-state index in [1.54, 1.807) is 10.9 Å². The van der Waals surface area contributed by atoms with Crippen LogP contribution in [0.5, 0.6) is 0 Å². The maximum absolute atomic E-state index is 12.9. The van der Waals surface area contributed by atoms with Gasteiger partial charge in [-0.1, -0.05) is 29.8 Å². The Kier molecular flexibility index (Phi) is 6.96. The molecule has 0 radical (unpaired) electrons. The number of benzene rings is 1. The lowest BCUT2D eigenvalue weighted by Gasteiger charge is -2.34. The molecule has 0 spiro atoms. The van der Waals surface area contributed by atoms with Crippen LogP contribution >= 0.6 is 12.4 Å². The van der Waals surface area contributed by atoms with Crippen LogP contribution in [0.15, 0.2) is 30.5 Å². The topological polar surface area (TPSA) is 63.1 Å². The molecule has 2 heterocycles. The van der Waals surface area contributed by atoms with Gasteiger partial charge in [0.1, 0.15) is 0 Å². The number of amides is 1. The van der Waals surface area contributed by atoms with Gasteiger partial charge in [0.05, 0.1) is 11.9 Å². The zero-order chi connectivity index (χ0) is 16.9. The van der Waals surface area contributed by atoms with Gasteiger partial charge in [-0.3, -0.25) is 4.79 Å². The summed E-state index contributed by atoms with van der Waals surface area (Å²) in [4.78, 5) is 14.9. The Hall–Kier alpha value is -1.92. The molecule has 0 atom stereocenters. The average molecular weight is 364 g/mol. The minimum atomic E-state index is -0.0119. The van der Waals surface area contributed by atoms with E-state index >= 15 is 0 Å². The van der Waals surface area contributed by atoms with Crippen molar-refractivity contribution in [2.75, 3.05) is 19.6 Å². The predicted molar refractivity (Wildman–Crippen MR) is 101 cm³/mol. The summed E-state index contributed by atoms with van der Waals surface area (Å²) in [6.07, 6.45) is 4.67. The zero-order valence-corrected chi connectivity index (χ0v) is 15.6. The van der Waals surface area contributed by atoms with Crippen LogP contribution in [-0.4, -0.2) is 51.5 Å². The lowest BCUT2D eigenvalue weighted by atomic mass is 10.0. The fraction of sp³-hybridized carbons (Fsp3) is 0.500. The molecule has 0 aliphatic carbocycles. The number of piperidine rings is 1. The van der Waals surface area contributed by atoms with Crippen molar-refractivity contribution in [3.8, 4) is 5.69 Å². The average Bonchev–Trinajstić information content (AvgIpc) is 3.10. The largest absolute Gasteiger partial charge is 0.334 e. The molecule has 1 saturated heterocycles. The van der Waals surface area contributed by atoms with Gasteiger partial charge in [-0.05, 0) is 51.4 Å². The number of aromatic nitrogens is 3. The van der Waals surface area contributed by atoms with E-state index in [2.05, 4.69) is 22.6 Å². The molecule has 1 N–H and O–H groups in total. The number of nitrogens with one attached hydrogen (secondary N) is 1. The highest BCUT2D eigenvalue weighted by atomic mass is 35.5. The first-order valence-corrected chi connectivity index (χ1v) is 8.70. The Morgan fingerprint density at radius 2 is 1.96 bits per heavy atom. The molecule has 1 aliphatic heterocycles. The van der Waals surface area contributed by atoms with Gasteiger partial charge >= 0.3 is 0 Å². The van der Waals surface area contributed by atoms with E-state index in [9.17, 15) is 4.79 Å². The standard InChI is InChI=1S/C18H25N5O.ClH/c1-3-12-22(15-8-10-19-11-9-15)18(24)17-13-23(21-20-17)16-6-4-14(2)5-7-16;/h4-7,13,15,19H,3,8-12H2,1-2H3;1H. The monoisotopic (exact) mass is 363 g/mol. The molecule has 3 rings (SSSR count). The lowest BCUT2D eigenvalue weighted by Crippen LogP contribution is -2.46.